The highest BCUT2D eigenvalue weighted by Crippen LogP contribution is 2.29. The van der Waals surface area contributed by atoms with Crippen LogP contribution in [0.2, 0.25) is 0 Å². The van der Waals surface area contributed by atoms with Crippen molar-refractivity contribution in [3.8, 4) is 0 Å². The van der Waals surface area contributed by atoms with Gasteiger partial charge in [0.1, 0.15) is 17.5 Å². The molecule has 4 N–H and O–H groups in total. The molecule has 3 aromatic rings. The van der Waals surface area contributed by atoms with Crippen LogP contribution in [0.1, 0.15) is 30.3 Å². The second-order valence-electron chi connectivity index (χ2n) is 6.19. The summed E-state index contributed by atoms with van der Waals surface area (Å²) in [5.41, 5.74) is 14.5. The van der Waals surface area contributed by atoms with Gasteiger partial charge in [-0.25, -0.2) is 9.97 Å². The van der Waals surface area contributed by atoms with E-state index in [9.17, 15) is 0 Å². The van der Waals surface area contributed by atoms with Gasteiger partial charge in [0, 0.05) is 42.8 Å². The number of anilines is 3. The highest BCUT2D eigenvalue weighted by molar-refractivity contribution is 7.07. The predicted molar refractivity (Wildman–Crippen MR) is 98.5 cm³/mol. The van der Waals surface area contributed by atoms with Gasteiger partial charge < -0.3 is 20.9 Å². The smallest absolute Gasteiger partial charge is 0.223 e. The lowest BCUT2D eigenvalue weighted by atomic mass is 9.97. The molecule has 4 rings (SSSR count). The summed E-state index contributed by atoms with van der Waals surface area (Å²) in [5, 5.41) is 2.07. The van der Waals surface area contributed by atoms with Gasteiger partial charge in [-0.3, -0.25) is 0 Å². The van der Waals surface area contributed by atoms with Crippen molar-refractivity contribution in [2.45, 2.75) is 25.3 Å². The number of nitrogen functional groups attached to an aromatic ring is 2. The second-order valence-corrected chi connectivity index (χ2v) is 6.91. The molecule has 0 unspecified atom stereocenters. The third-order valence-electron chi connectivity index (χ3n) is 4.42. The van der Waals surface area contributed by atoms with Gasteiger partial charge in [-0.15, -0.1) is 11.3 Å². The lowest BCUT2D eigenvalue weighted by Gasteiger charge is -2.33. The van der Waals surface area contributed by atoms with Gasteiger partial charge in [0.2, 0.25) is 5.95 Å². The molecule has 1 aliphatic heterocycles. The van der Waals surface area contributed by atoms with E-state index in [1.165, 1.54) is 0 Å². The van der Waals surface area contributed by atoms with Crippen molar-refractivity contribution in [2.24, 2.45) is 0 Å². The highest BCUT2D eigenvalue weighted by atomic mass is 32.1. The predicted octanol–water partition coefficient (Wildman–Crippen LogP) is 1.73. The van der Waals surface area contributed by atoms with Crippen molar-refractivity contribution in [1.29, 1.82) is 0 Å². The normalized spacial score (nSPS) is 17.8. The summed E-state index contributed by atoms with van der Waals surface area (Å²) >= 11 is 1.61. The Morgan fingerprint density at radius 1 is 1.24 bits per heavy atom. The molecular formula is C16H20N8S. The van der Waals surface area contributed by atoms with Gasteiger partial charge in [-0.05, 0) is 12.8 Å². The van der Waals surface area contributed by atoms with E-state index in [2.05, 4.69) is 34.8 Å². The Morgan fingerprint density at radius 3 is 2.96 bits per heavy atom. The van der Waals surface area contributed by atoms with Crippen LogP contribution >= 0.6 is 11.3 Å². The highest BCUT2D eigenvalue weighted by Gasteiger charge is 2.26. The average molecular weight is 356 g/mol. The zero-order chi connectivity index (χ0) is 17.2. The zero-order valence-corrected chi connectivity index (χ0v) is 14.6. The van der Waals surface area contributed by atoms with Crippen LogP contribution < -0.4 is 16.4 Å². The summed E-state index contributed by atoms with van der Waals surface area (Å²) in [6.07, 6.45) is 6.05. The maximum atomic E-state index is 5.81. The Bertz CT molecular complexity index is 823. The molecule has 0 spiro atoms. The van der Waals surface area contributed by atoms with Gasteiger partial charge in [-0.1, -0.05) is 0 Å². The Balaban J connectivity index is 1.55. The lowest BCUT2D eigenvalue weighted by Crippen LogP contribution is -2.36. The van der Waals surface area contributed by atoms with E-state index in [0.29, 0.717) is 11.7 Å². The van der Waals surface area contributed by atoms with Gasteiger partial charge >= 0.3 is 0 Å². The molecule has 0 aromatic carbocycles. The van der Waals surface area contributed by atoms with E-state index < -0.39 is 0 Å². The first-order valence-electron chi connectivity index (χ1n) is 8.22. The summed E-state index contributed by atoms with van der Waals surface area (Å²) in [6.45, 7) is 2.52. The van der Waals surface area contributed by atoms with E-state index in [0.717, 1.165) is 49.8 Å². The first-order valence-corrected chi connectivity index (χ1v) is 9.16. The molecule has 1 saturated heterocycles. The van der Waals surface area contributed by atoms with E-state index >= 15 is 0 Å². The minimum absolute atomic E-state index is 0.210. The molecule has 0 saturated carbocycles. The van der Waals surface area contributed by atoms with E-state index in [1.54, 1.807) is 17.4 Å². The molecule has 1 aliphatic rings. The molecule has 0 amide bonds. The third kappa shape index (κ3) is 3.41. The molecule has 0 radical (unpaired) electrons. The summed E-state index contributed by atoms with van der Waals surface area (Å²) in [4.78, 5) is 19.5. The number of thiazole rings is 1. The van der Waals surface area contributed by atoms with Crippen LogP contribution in [0, 0.1) is 0 Å². The fraction of sp³-hybridized carbons (Fsp3) is 0.375. The van der Waals surface area contributed by atoms with Crippen LogP contribution in [-0.2, 0) is 6.54 Å². The Morgan fingerprint density at radius 2 is 2.16 bits per heavy atom. The quantitative estimate of drug-likeness (QED) is 0.732. The molecule has 3 aromatic heterocycles. The van der Waals surface area contributed by atoms with Gasteiger partial charge in [0.15, 0.2) is 0 Å². The number of imidazole rings is 1. The van der Waals surface area contributed by atoms with Gasteiger partial charge in [-0.2, -0.15) is 9.97 Å². The largest absolute Gasteiger partial charge is 0.383 e. The van der Waals surface area contributed by atoms with Crippen LogP contribution in [-0.4, -0.2) is 37.6 Å². The summed E-state index contributed by atoms with van der Waals surface area (Å²) in [6, 6.07) is 1.78. The molecule has 9 heteroatoms. The van der Waals surface area contributed by atoms with Crippen molar-refractivity contribution >= 4 is 28.9 Å². The third-order valence-corrected chi connectivity index (χ3v) is 5.06. The van der Waals surface area contributed by atoms with Crippen molar-refractivity contribution < 1.29 is 0 Å². The molecule has 4 heterocycles. The number of nitrogens with two attached hydrogens (primary N) is 2. The number of hydrogen-bond donors (Lipinski definition) is 2. The summed E-state index contributed by atoms with van der Waals surface area (Å²) in [5.74, 6) is 2.82. The number of hydrogen-bond acceptors (Lipinski definition) is 8. The molecule has 1 atom stereocenters. The summed E-state index contributed by atoms with van der Waals surface area (Å²) < 4.78 is 2.19. The van der Waals surface area contributed by atoms with E-state index in [1.807, 2.05) is 17.9 Å². The molecule has 25 heavy (non-hydrogen) atoms. The monoisotopic (exact) mass is 356 g/mol. The van der Waals surface area contributed by atoms with Crippen LogP contribution in [0.5, 0.6) is 0 Å². The molecule has 8 nitrogen and oxygen atoms in total. The molecule has 130 valence electrons. The number of piperidine rings is 1. The van der Waals surface area contributed by atoms with Crippen LogP contribution in [0.4, 0.5) is 17.6 Å². The maximum absolute atomic E-state index is 5.81. The number of aromatic nitrogens is 5. The van der Waals surface area contributed by atoms with Gasteiger partial charge in [0.25, 0.3) is 0 Å². The van der Waals surface area contributed by atoms with E-state index in [4.69, 9.17) is 11.5 Å². The Hall–Kier alpha value is -2.68. The first kappa shape index (κ1) is 15.8. The topological polar surface area (TPSA) is 112 Å². The summed E-state index contributed by atoms with van der Waals surface area (Å²) in [7, 11) is 0. The fourth-order valence-electron chi connectivity index (χ4n) is 3.33. The van der Waals surface area contributed by atoms with Crippen LogP contribution in [0.3, 0.4) is 0 Å². The standard InChI is InChI=1S/C16H20N8S/c17-13-6-14(22-16(18)21-13)23-4-1-2-11(7-23)15-19-3-5-24(15)8-12-9-25-10-20-12/h3,5-6,9-11H,1-2,4,7-8H2,(H4,17,18,21,22)/t11-/m0/s1. The molecular weight excluding hydrogens is 336 g/mol. The van der Waals surface area contributed by atoms with Gasteiger partial charge in [0.05, 0.1) is 17.7 Å². The average Bonchev–Trinajstić information content (AvgIpc) is 3.26. The Kier molecular flexibility index (Phi) is 4.22. The number of rotatable bonds is 4. The fourth-order valence-corrected chi connectivity index (χ4v) is 3.88. The lowest BCUT2D eigenvalue weighted by molar-refractivity contribution is 0.473. The van der Waals surface area contributed by atoms with Crippen LogP contribution in [0.15, 0.2) is 29.4 Å². The SMILES string of the molecule is Nc1cc(N2CCC[C@H](c3nccn3Cc3cscn3)C2)nc(N)n1. The Labute approximate surface area is 149 Å². The van der Waals surface area contributed by atoms with Crippen LogP contribution in [0.25, 0.3) is 0 Å². The minimum atomic E-state index is 0.210. The van der Waals surface area contributed by atoms with Crippen molar-refractivity contribution in [3.63, 3.8) is 0 Å². The first-order chi connectivity index (χ1) is 12.2. The molecule has 1 fully saturated rings. The zero-order valence-electron chi connectivity index (χ0n) is 13.7. The minimum Gasteiger partial charge on any atom is -0.383 e. The second kappa shape index (κ2) is 6.67. The number of nitrogens with zero attached hydrogens (tertiary/aromatic N) is 6. The van der Waals surface area contributed by atoms with Crippen molar-refractivity contribution in [2.75, 3.05) is 29.5 Å². The van der Waals surface area contributed by atoms with Crippen molar-refractivity contribution in [1.82, 2.24) is 24.5 Å². The molecule has 0 aliphatic carbocycles. The van der Waals surface area contributed by atoms with Crippen molar-refractivity contribution in [3.05, 3.63) is 40.9 Å². The van der Waals surface area contributed by atoms with E-state index in [-0.39, 0.29) is 5.95 Å². The molecule has 0 bridgehead atoms. The maximum Gasteiger partial charge on any atom is 0.223 e.